The molecule has 0 spiro atoms. The van der Waals surface area contributed by atoms with Gasteiger partial charge in [0.05, 0.1) is 12.0 Å². The lowest BCUT2D eigenvalue weighted by molar-refractivity contribution is 0.216. The van der Waals surface area contributed by atoms with Gasteiger partial charge in [0.2, 0.25) is 5.75 Å². The number of H-pyrrole nitrogens is 1. The molecule has 0 saturated carbocycles. The Balaban J connectivity index is 1.64. The van der Waals surface area contributed by atoms with E-state index in [0.29, 0.717) is 29.6 Å². The minimum absolute atomic E-state index is 0.102. The van der Waals surface area contributed by atoms with Gasteiger partial charge < -0.3 is 19.2 Å². The molecule has 30 heavy (non-hydrogen) atoms. The molecule has 3 heterocycles. The van der Waals surface area contributed by atoms with Crippen LogP contribution in [0.15, 0.2) is 71.6 Å². The number of nitrogens with one attached hydrogen (secondary N) is 1. The predicted octanol–water partition coefficient (Wildman–Crippen LogP) is 5.83. The van der Waals surface area contributed by atoms with Crippen molar-refractivity contribution in [3.63, 3.8) is 0 Å². The van der Waals surface area contributed by atoms with E-state index in [-0.39, 0.29) is 6.10 Å². The van der Waals surface area contributed by atoms with Crippen molar-refractivity contribution in [3.05, 3.63) is 66.7 Å². The second-order valence-corrected chi connectivity index (χ2v) is 6.77. The quantitative estimate of drug-likeness (QED) is 0.514. The van der Waals surface area contributed by atoms with E-state index in [1.807, 2.05) is 49.5 Å². The average Bonchev–Trinajstić information content (AvgIpc) is 2.98. The standard InChI is InChI=1S/C24H25N3O3/c1-3-19(17-8-6-13-25-15-12-17)29-20-10-5-11-21(23(20)28-4-2)30-22-16-27-24-18(22)9-7-14-26-24/h5,7-16,19H,3-4,6H2,1-2H3,(H,26,27). The first kappa shape index (κ1) is 19.8. The second-order valence-electron chi connectivity index (χ2n) is 6.77. The number of hydrogen-bond donors (Lipinski definition) is 1. The normalized spacial score (nSPS) is 14.3. The van der Waals surface area contributed by atoms with Gasteiger partial charge in [-0.25, -0.2) is 4.98 Å². The van der Waals surface area contributed by atoms with Crippen LogP contribution in [0.4, 0.5) is 0 Å². The van der Waals surface area contributed by atoms with Gasteiger partial charge in [-0.1, -0.05) is 19.1 Å². The maximum absolute atomic E-state index is 6.39. The Hall–Kier alpha value is -3.54. The fourth-order valence-electron chi connectivity index (χ4n) is 3.38. The molecule has 154 valence electrons. The maximum atomic E-state index is 6.39. The van der Waals surface area contributed by atoms with Gasteiger partial charge in [0.1, 0.15) is 11.8 Å². The molecular formula is C24H25N3O3. The van der Waals surface area contributed by atoms with E-state index in [0.717, 1.165) is 29.4 Å². The second kappa shape index (κ2) is 9.31. The number of aromatic amines is 1. The van der Waals surface area contributed by atoms with E-state index < -0.39 is 0 Å². The number of ether oxygens (including phenoxy) is 3. The van der Waals surface area contributed by atoms with Crippen LogP contribution in [0.1, 0.15) is 26.7 Å². The summed E-state index contributed by atoms with van der Waals surface area (Å²) in [5.41, 5.74) is 1.88. The molecule has 1 aliphatic rings. The molecule has 0 amide bonds. The van der Waals surface area contributed by atoms with Crippen molar-refractivity contribution in [2.24, 2.45) is 4.99 Å². The number of aromatic nitrogens is 2. The Kier molecular flexibility index (Phi) is 6.13. The van der Waals surface area contributed by atoms with Crippen LogP contribution < -0.4 is 14.2 Å². The Labute approximate surface area is 175 Å². The lowest BCUT2D eigenvalue weighted by atomic mass is 10.1. The highest BCUT2D eigenvalue weighted by molar-refractivity contribution is 5.83. The van der Waals surface area contributed by atoms with Crippen molar-refractivity contribution >= 4 is 17.2 Å². The summed E-state index contributed by atoms with van der Waals surface area (Å²) >= 11 is 0. The Morgan fingerprint density at radius 3 is 2.87 bits per heavy atom. The smallest absolute Gasteiger partial charge is 0.204 e. The van der Waals surface area contributed by atoms with Crippen LogP contribution in [0.2, 0.25) is 0 Å². The lowest BCUT2D eigenvalue weighted by Crippen LogP contribution is -2.18. The Bertz CT molecular complexity index is 1100. The number of benzene rings is 1. The third-order valence-corrected chi connectivity index (χ3v) is 4.79. The van der Waals surface area contributed by atoms with Crippen molar-refractivity contribution in [2.75, 3.05) is 6.61 Å². The zero-order valence-corrected chi connectivity index (χ0v) is 17.2. The molecule has 0 fully saturated rings. The van der Waals surface area contributed by atoms with Gasteiger partial charge in [0.25, 0.3) is 0 Å². The monoisotopic (exact) mass is 403 g/mol. The van der Waals surface area contributed by atoms with Gasteiger partial charge in [-0.2, -0.15) is 0 Å². The molecule has 6 nitrogen and oxygen atoms in total. The van der Waals surface area contributed by atoms with Crippen LogP contribution in [0, 0.1) is 0 Å². The first-order valence-electron chi connectivity index (χ1n) is 10.2. The van der Waals surface area contributed by atoms with Gasteiger partial charge in [0.15, 0.2) is 17.2 Å². The molecule has 6 heteroatoms. The molecule has 1 aliphatic heterocycles. The summed E-state index contributed by atoms with van der Waals surface area (Å²) in [4.78, 5) is 11.7. The van der Waals surface area contributed by atoms with Gasteiger partial charge in [-0.15, -0.1) is 0 Å². The summed E-state index contributed by atoms with van der Waals surface area (Å²) in [7, 11) is 0. The molecule has 1 atom stereocenters. The maximum Gasteiger partial charge on any atom is 0.204 e. The minimum Gasteiger partial charge on any atom is -0.487 e. The van der Waals surface area contributed by atoms with E-state index >= 15 is 0 Å². The summed E-state index contributed by atoms with van der Waals surface area (Å²) in [6.45, 7) is 4.55. The van der Waals surface area contributed by atoms with Crippen LogP contribution in [0.5, 0.6) is 23.0 Å². The van der Waals surface area contributed by atoms with Crippen molar-refractivity contribution in [1.82, 2.24) is 9.97 Å². The zero-order valence-electron chi connectivity index (χ0n) is 17.2. The molecule has 0 bridgehead atoms. The van der Waals surface area contributed by atoms with Crippen LogP contribution >= 0.6 is 0 Å². The molecule has 1 unspecified atom stereocenters. The van der Waals surface area contributed by atoms with Crippen LogP contribution in [-0.2, 0) is 0 Å². The molecule has 3 aromatic rings. The Morgan fingerprint density at radius 1 is 1.10 bits per heavy atom. The van der Waals surface area contributed by atoms with Crippen LogP contribution in [-0.4, -0.2) is 28.9 Å². The molecule has 1 aromatic carbocycles. The Morgan fingerprint density at radius 2 is 2.00 bits per heavy atom. The number of hydrogen-bond acceptors (Lipinski definition) is 5. The zero-order chi connectivity index (χ0) is 20.8. The molecular weight excluding hydrogens is 378 g/mol. The number of pyridine rings is 1. The number of fused-ring (bicyclic) bond motifs is 1. The first-order valence-corrected chi connectivity index (χ1v) is 10.2. The van der Waals surface area contributed by atoms with E-state index in [4.69, 9.17) is 14.2 Å². The third kappa shape index (κ3) is 4.22. The number of para-hydroxylation sites is 1. The minimum atomic E-state index is -0.102. The van der Waals surface area contributed by atoms with Gasteiger partial charge in [-0.05, 0) is 49.3 Å². The predicted molar refractivity (Wildman–Crippen MR) is 119 cm³/mol. The highest BCUT2D eigenvalue weighted by Crippen LogP contribution is 2.42. The topological polar surface area (TPSA) is 68.7 Å². The van der Waals surface area contributed by atoms with Crippen LogP contribution in [0.25, 0.3) is 11.0 Å². The van der Waals surface area contributed by atoms with Crippen LogP contribution in [0.3, 0.4) is 0 Å². The molecule has 0 aliphatic carbocycles. The summed E-state index contributed by atoms with van der Waals surface area (Å²) in [5, 5.41) is 0.909. The fraction of sp³-hybridized carbons (Fsp3) is 0.250. The van der Waals surface area contributed by atoms with E-state index in [1.165, 1.54) is 0 Å². The highest BCUT2D eigenvalue weighted by Gasteiger charge is 2.19. The lowest BCUT2D eigenvalue weighted by Gasteiger charge is -2.22. The van der Waals surface area contributed by atoms with Gasteiger partial charge in [-0.3, -0.25) is 4.99 Å². The number of nitrogens with zero attached hydrogens (tertiary/aromatic N) is 2. The molecule has 0 radical (unpaired) electrons. The van der Waals surface area contributed by atoms with Gasteiger partial charge in [0, 0.05) is 31.2 Å². The van der Waals surface area contributed by atoms with Gasteiger partial charge >= 0.3 is 0 Å². The number of allylic oxidation sites excluding steroid dienone is 1. The average molecular weight is 403 g/mol. The van der Waals surface area contributed by atoms with E-state index in [9.17, 15) is 0 Å². The van der Waals surface area contributed by atoms with Crippen molar-refractivity contribution < 1.29 is 14.2 Å². The SMILES string of the molecule is CCOc1c(Oc2c[nH]c3ncccc23)cccc1OC(CC)C1=CCC=NC=C1. The molecule has 2 aromatic heterocycles. The largest absolute Gasteiger partial charge is 0.487 e. The first-order chi connectivity index (χ1) is 14.8. The van der Waals surface area contributed by atoms with Crippen molar-refractivity contribution in [2.45, 2.75) is 32.8 Å². The fourth-order valence-corrected chi connectivity index (χ4v) is 3.38. The molecule has 0 saturated heterocycles. The van der Waals surface area contributed by atoms with Crippen molar-refractivity contribution in [1.29, 1.82) is 0 Å². The molecule has 4 rings (SSSR count). The number of rotatable bonds is 8. The summed E-state index contributed by atoms with van der Waals surface area (Å²) in [5.74, 6) is 2.53. The summed E-state index contributed by atoms with van der Waals surface area (Å²) in [6.07, 6.45) is 12.9. The van der Waals surface area contributed by atoms with E-state index in [2.05, 4.69) is 28.0 Å². The van der Waals surface area contributed by atoms with Crippen molar-refractivity contribution in [3.8, 4) is 23.0 Å². The van der Waals surface area contributed by atoms with E-state index in [1.54, 1.807) is 18.6 Å². The third-order valence-electron chi connectivity index (χ3n) is 4.79. The number of aliphatic imine (C=N–C) groups is 1. The summed E-state index contributed by atoms with van der Waals surface area (Å²) < 4.78 is 18.5. The summed E-state index contributed by atoms with van der Waals surface area (Å²) in [6, 6.07) is 9.55. The highest BCUT2D eigenvalue weighted by atomic mass is 16.5. The molecule has 1 N–H and O–H groups in total.